The van der Waals surface area contributed by atoms with Crippen molar-refractivity contribution in [2.24, 2.45) is 0 Å². The number of rotatable bonds is 2. The first-order chi connectivity index (χ1) is 3.91. The molecule has 1 rings (SSSR count). The van der Waals surface area contributed by atoms with Gasteiger partial charge in [0.25, 0.3) is 0 Å². The summed E-state index contributed by atoms with van der Waals surface area (Å²) in [6.07, 6.45) is 0. The van der Waals surface area contributed by atoms with Crippen molar-refractivity contribution < 1.29 is 4.74 Å². The molecule has 0 amide bonds. The van der Waals surface area contributed by atoms with E-state index in [1.54, 1.807) is 0 Å². The maximum atomic E-state index is 4.50. The molecule has 0 aromatic carbocycles. The molecule has 0 bridgehead atoms. The third kappa shape index (κ3) is 16.8. The highest BCUT2D eigenvalue weighted by Crippen LogP contribution is 1.84. The molecule has 0 radical (unpaired) electrons. The fourth-order valence-electron chi connectivity index (χ4n) is 0.250. The molecule has 0 aromatic rings. The van der Waals surface area contributed by atoms with E-state index in [4.69, 9.17) is 0 Å². The van der Waals surface area contributed by atoms with Crippen molar-refractivity contribution >= 4 is 0 Å². The highest BCUT2D eigenvalue weighted by Gasteiger charge is 1.94. The number of hydrogen-bond acceptors (Lipinski definition) is 2. The number of ether oxygens (including phenoxy) is 1. The molecule has 0 saturated carbocycles. The largest absolute Gasteiger partial charge is 0.377 e. The highest BCUT2D eigenvalue weighted by molar-refractivity contribution is 4.36. The molecule has 1 aliphatic rings. The average Bonchev–Trinajstić information content (AvgIpc) is 2.50. The Morgan fingerprint density at radius 3 is 1.62 bits per heavy atom. The molecule has 1 heterocycles. The van der Waals surface area contributed by atoms with Crippen LogP contribution in [0.3, 0.4) is 0 Å². The summed E-state index contributed by atoms with van der Waals surface area (Å²) in [6, 6.07) is 0. The van der Waals surface area contributed by atoms with Gasteiger partial charge in [0.05, 0.1) is 13.2 Å². The first-order valence-electron chi connectivity index (χ1n) is 3.20. The van der Waals surface area contributed by atoms with E-state index in [-0.39, 0.29) is 0 Å². The summed E-state index contributed by atoms with van der Waals surface area (Å²) in [5, 5.41) is 3.11. The third-order valence-corrected chi connectivity index (χ3v) is 0.704. The van der Waals surface area contributed by atoms with Gasteiger partial charge in [0.2, 0.25) is 0 Å². The number of hydrogen-bond donors (Lipinski definition) is 1. The molecule has 0 atom stereocenters. The third-order valence-electron chi connectivity index (χ3n) is 0.704. The van der Waals surface area contributed by atoms with Crippen LogP contribution in [0.15, 0.2) is 0 Å². The molecular formula is C6H15NO. The summed E-state index contributed by atoms with van der Waals surface area (Å²) in [5.74, 6) is 0. The van der Waals surface area contributed by atoms with E-state index in [1.165, 1.54) is 0 Å². The molecule has 0 aromatic heterocycles. The Bertz CT molecular complexity index is 32.8. The molecule has 0 unspecified atom stereocenters. The normalized spacial score (nSPS) is 14.2. The Kier molecular flexibility index (Phi) is 6.85. The minimum atomic E-state index is 1.00. The van der Waals surface area contributed by atoms with Gasteiger partial charge in [-0.25, -0.2) is 0 Å². The van der Waals surface area contributed by atoms with E-state index in [9.17, 15) is 0 Å². The lowest BCUT2D eigenvalue weighted by atomic mass is 10.7. The molecule has 1 N–H and O–H groups in total. The lowest BCUT2D eigenvalue weighted by Gasteiger charge is -1.86. The minimum Gasteiger partial charge on any atom is -0.377 e. The second-order valence-corrected chi connectivity index (χ2v) is 1.57. The molecule has 0 spiro atoms. The first kappa shape index (κ1) is 7.92. The van der Waals surface area contributed by atoms with Gasteiger partial charge in [-0.05, 0) is 13.1 Å². The van der Waals surface area contributed by atoms with Crippen LogP contribution in [-0.4, -0.2) is 26.3 Å². The second-order valence-electron chi connectivity index (χ2n) is 1.57. The van der Waals surface area contributed by atoms with E-state index in [0.717, 1.165) is 26.3 Å². The summed E-state index contributed by atoms with van der Waals surface area (Å²) in [6.45, 7) is 8.39. The van der Waals surface area contributed by atoms with Gasteiger partial charge in [0, 0.05) is 0 Å². The SMILES string of the molecule is C1CO1.CCNCC. The Labute approximate surface area is 51.2 Å². The molecule has 1 aliphatic heterocycles. The number of nitrogens with one attached hydrogen (secondary N) is 1. The Morgan fingerprint density at radius 2 is 1.62 bits per heavy atom. The lowest BCUT2D eigenvalue weighted by molar-refractivity contribution is 0.475. The highest BCUT2D eigenvalue weighted by atomic mass is 16.6. The van der Waals surface area contributed by atoms with Crippen LogP contribution >= 0.6 is 0 Å². The predicted molar refractivity (Wildman–Crippen MR) is 35.0 cm³/mol. The van der Waals surface area contributed by atoms with Crippen molar-refractivity contribution in [1.82, 2.24) is 5.32 Å². The summed E-state index contributed by atoms with van der Waals surface area (Å²) in [4.78, 5) is 0. The van der Waals surface area contributed by atoms with Gasteiger partial charge in [-0.2, -0.15) is 0 Å². The van der Waals surface area contributed by atoms with Crippen LogP contribution in [-0.2, 0) is 4.74 Å². The smallest absolute Gasteiger partial charge is 0.0701 e. The van der Waals surface area contributed by atoms with Crippen LogP contribution in [0.1, 0.15) is 13.8 Å². The van der Waals surface area contributed by atoms with Crippen molar-refractivity contribution in [3.63, 3.8) is 0 Å². The molecule has 2 nitrogen and oxygen atoms in total. The monoisotopic (exact) mass is 117 g/mol. The van der Waals surface area contributed by atoms with Crippen LogP contribution in [0.5, 0.6) is 0 Å². The van der Waals surface area contributed by atoms with Crippen molar-refractivity contribution in [1.29, 1.82) is 0 Å². The summed E-state index contributed by atoms with van der Waals surface area (Å²) in [7, 11) is 0. The van der Waals surface area contributed by atoms with E-state index in [1.807, 2.05) is 0 Å². The van der Waals surface area contributed by atoms with E-state index >= 15 is 0 Å². The van der Waals surface area contributed by atoms with Crippen molar-refractivity contribution in [3.05, 3.63) is 0 Å². The topological polar surface area (TPSA) is 24.6 Å². The molecule has 1 fully saturated rings. The molecule has 0 aliphatic carbocycles. The Hall–Kier alpha value is -0.0800. The fraction of sp³-hybridized carbons (Fsp3) is 1.00. The summed E-state index contributed by atoms with van der Waals surface area (Å²) < 4.78 is 4.50. The van der Waals surface area contributed by atoms with Crippen LogP contribution in [0, 0.1) is 0 Å². The lowest BCUT2D eigenvalue weighted by Crippen LogP contribution is -2.09. The minimum absolute atomic E-state index is 1.00. The fourth-order valence-corrected chi connectivity index (χ4v) is 0.250. The van der Waals surface area contributed by atoms with Crippen LogP contribution < -0.4 is 5.32 Å². The zero-order chi connectivity index (χ0) is 6.24. The van der Waals surface area contributed by atoms with Crippen molar-refractivity contribution in [2.45, 2.75) is 13.8 Å². The molecule has 2 heteroatoms. The number of epoxide rings is 1. The zero-order valence-corrected chi connectivity index (χ0v) is 5.74. The van der Waals surface area contributed by atoms with Crippen molar-refractivity contribution in [3.8, 4) is 0 Å². The van der Waals surface area contributed by atoms with Crippen molar-refractivity contribution in [2.75, 3.05) is 26.3 Å². The van der Waals surface area contributed by atoms with Gasteiger partial charge in [-0.15, -0.1) is 0 Å². The van der Waals surface area contributed by atoms with Gasteiger partial charge < -0.3 is 10.1 Å². The van der Waals surface area contributed by atoms with Gasteiger partial charge in [-0.3, -0.25) is 0 Å². The molecule has 8 heavy (non-hydrogen) atoms. The maximum absolute atomic E-state index is 4.50. The van der Waals surface area contributed by atoms with Gasteiger partial charge in [-0.1, -0.05) is 13.8 Å². The second kappa shape index (κ2) is 6.92. The Morgan fingerprint density at radius 1 is 1.25 bits per heavy atom. The standard InChI is InChI=1S/C4H11N.C2H4O/c1-3-5-4-2;1-2-3-1/h5H,3-4H2,1-2H3;1-2H2. The van der Waals surface area contributed by atoms with E-state index in [0.29, 0.717) is 0 Å². The van der Waals surface area contributed by atoms with Crippen LogP contribution in [0.25, 0.3) is 0 Å². The van der Waals surface area contributed by atoms with E-state index < -0.39 is 0 Å². The maximum Gasteiger partial charge on any atom is 0.0701 e. The van der Waals surface area contributed by atoms with Crippen LogP contribution in [0.2, 0.25) is 0 Å². The quantitative estimate of drug-likeness (QED) is 0.536. The first-order valence-corrected chi connectivity index (χ1v) is 3.20. The van der Waals surface area contributed by atoms with Gasteiger partial charge in [0.15, 0.2) is 0 Å². The van der Waals surface area contributed by atoms with Crippen LogP contribution in [0.4, 0.5) is 0 Å². The Balaban J connectivity index is 0.000000135. The molecule has 1 saturated heterocycles. The predicted octanol–water partition coefficient (Wildman–Crippen LogP) is 0.632. The molecular weight excluding hydrogens is 102 g/mol. The van der Waals surface area contributed by atoms with E-state index in [2.05, 4.69) is 23.9 Å². The van der Waals surface area contributed by atoms with Gasteiger partial charge in [0.1, 0.15) is 0 Å². The average molecular weight is 117 g/mol. The van der Waals surface area contributed by atoms with Gasteiger partial charge >= 0.3 is 0 Å². The summed E-state index contributed by atoms with van der Waals surface area (Å²) in [5.41, 5.74) is 0. The summed E-state index contributed by atoms with van der Waals surface area (Å²) >= 11 is 0. The molecule has 50 valence electrons. The zero-order valence-electron chi connectivity index (χ0n) is 5.74.